The third kappa shape index (κ3) is 3.59. The Balaban J connectivity index is 1.72. The van der Waals surface area contributed by atoms with Gasteiger partial charge in [-0.3, -0.25) is 9.88 Å². The molecule has 6 nitrogen and oxygen atoms in total. The van der Waals surface area contributed by atoms with Gasteiger partial charge >= 0.3 is 0 Å². The summed E-state index contributed by atoms with van der Waals surface area (Å²) in [4.78, 5) is 10.7. The van der Waals surface area contributed by atoms with Crippen LogP contribution >= 0.6 is 0 Å². The Morgan fingerprint density at radius 1 is 1.29 bits per heavy atom. The number of nitrogens with one attached hydrogen (secondary N) is 1. The highest BCUT2D eigenvalue weighted by atomic mass is 16.5. The standard InChI is InChI=1S/C15H20N4O2/c1-12-2-3-14(21-12)13(19-6-8-20-9-7-19)10-18-15-11-16-4-5-17-15/h2-5,11,13H,6-10H2,1H3,(H,17,18). The van der Waals surface area contributed by atoms with Gasteiger partial charge in [0.1, 0.15) is 17.3 Å². The molecule has 0 radical (unpaired) electrons. The molecule has 0 spiro atoms. The van der Waals surface area contributed by atoms with Gasteiger partial charge in [0.05, 0.1) is 25.5 Å². The van der Waals surface area contributed by atoms with E-state index in [4.69, 9.17) is 9.15 Å². The maximum Gasteiger partial charge on any atom is 0.144 e. The van der Waals surface area contributed by atoms with E-state index in [1.165, 1.54) is 0 Å². The van der Waals surface area contributed by atoms with Crippen molar-refractivity contribution >= 4 is 5.82 Å². The van der Waals surface area contributed by atoms with Crippen molar-refractivity contribution in [2.45, 2.75) is 13.0 Å². The molecule has 1 N–H and O–H groups in total. The average molecular weight is 288 g/mol. The van der Waals surface area contributed by atoms with Crippen molar-refractivity contribution in [3.8, 4) is 0 Å². The third-order valence-electron chi connectivity index (χ3n) is 3.62. The lowest BCUT2D eigenvalue weighted by Crippen LogP contribution is -2.41. The molecule has 3 rings (SSSR count). The van der Waals surface area contributed by atoms with Crippen LogP contribution in [0, 0.1) is 6.92 Å². The maximum absolute atomic E-state index is 5.83. The molecule has 1 saturated heterocycles. The summed E-state index contributed by atoms with van der Waals surface area (Å²) < 4.78 is 11.3. The Hall–Kier alpha value is -1.92. The van der Waals surface area contributed by atoms with Crippen LogP contribution in [0.25, 0.3) is 0 Å². The quantitative estimate of drug-likeness (QED) is 0.906. The van der Waals surface area contributed by atoms with Gasteiger partial charge in [-0.25, -0.2) is 4.98 Å². The molecular formula is C15H20N4O2. The average Bonchev–Trinajstić information content (AvgIpc) is 2.96. The van der Waals surface area contributed by atoms with Crippen LogP contribution in [0.1, 0.15) is 17.6 Å². The van der Waals surface area contributed by atoms with Gasteiger partial charge < -0.3 is 14.5 Å². The predicted octanol–water partition coefficient (Wildman–Crippen LogP) is 1.86. The first-order valence-corrected chi connectivity index (χ1v) is 7.21. The van der Waals surface area contributed by atoms with Crippen molar-refractivity contribution < 1.29 is 9.15 Å². The van der Waals surface area contributed by atoms with E-state index in [0.717, 1.165) is 50.2 Å². The number of aromatic nitrogens is 2. The molecule has 21 heavy (non-hydrogen) atoms. The van der Waals surface area contributed by atoms with Crippen molar-refractivity contribution in [3.05, 3.63) is 42.2 Å². The van der Waals surface area contributed by atoms with Gasteiger partial charge in [-0.1, -0.05) is 0 Å². The minimum Gasteiger partial charge on any atom is -0.465 e. The first kappa shape index (κ1) is 14.0. The van der Waals surface area contributed by atoms with Crippen LogP contribution in [0.3, 0.4) is 0 Å². The number of hydrogen-bond acceptors (Lipinski definition) is 6. The smallest absolute Gasteiger partial charge is 0.144 e. The summed E-state index contributed by atoms with van der Waals surface area (Å²) in [5.41, 5.74) is 0. The van der Waals surface area contributed by atoms with E-state index in [-0.39, 0.29) is 6.04 Å². The first-order chi connectivity index (χ1) is 10.3. The van der Waals surface area contributed by atoms with Gasteiger partial charge in [-0.15, -0.1) is 0 Å². The molecular weight excluding hydrogens is 268 g/mol. The second kappa shape index (κ2) is 6.69. The fourth-order valence-corrected chi connectivity index (χ4v) is 2.52. The molecule has 0 amide bonds. The van der Waals surface area contributed by atoms with E-state index < -0.39 is 0 Å². The van der Waals surface area contributed by atoms with E-state index in [1.807, 2.05) is 19.1 Å². The molecule has 1 atom stereocenters. The number of ether oxygens (including phenoxy) is 1. The van der Waals surface area contributed by atoms with E-state index in [1.54, 1.807) is 18.6 Å². The number of aryl methyl sites for hydroxylation is 1. The SMILES string of the molecule is Cc1ccc(C(CNc2cnccn2)N2CCOCC2)o1. The van der Waals surface area contributed by atoms with Gasteiger partial charge in [-0.2, -0.15) is 0 Å². The van der Waals surface area contributed by atoms with E-state index in [0.29, 0.717) is 0 Å². The molecule has 1 fully saturated rings. The summed E-state index contributed by atoms with van der Waals surface area (Å²) in [6, 6.07) is 4.23. The Bertz CT molecular complexity index is 552. The number of anilines is 1. The minimum absolute atomic E-state index is 0.171. The monoisotopic (exact) mass is 288 g/mol. The number of morpholine rings is 1. The number of hydrogen-bond donors (Lipinski definition) is 1. The van der Waals surface area contributed by atoms with Gasteiger partial charge in [0, 0.05) is 32.0 Å². The highest BCUT2D eigenvalue weighted by molar-refractivity contribution is 5.30. The van der Waals surface area contributed by atoms with Crippen molar-refractivity contribution in [1.82, 2.24) is 14.9 Å². The minimum atomic E-state index is 0.171. The van der Waals surface area contributed by atoms with Crippen LogP contribution in [0.15, 0.2) is 35.1 Å². The lowest BCUT2D eigenvalue weighted by Gasteiger charge is -2.33. The highest BCUT2D eigenvalue weighted by Gasteiger charge is 2.25. The Morgan fingerprint density at radius 2 is 2.14 bits per heavy atom. The summed E-state index contributed by atoms with van der Waals surface area (Å²) in [6.07, 6.45) is 5.08. The fraction of sp³-hybridized carbons (Fsp3) is 0.467. The van der Waals surface area contributed by atoms with Gasteiger partial charge in [0.15, 0.2) is 0 Å². The largest absolute Gasteiger partial charge is 0.465 e. The first-order valence-electron chi connectivity index (χ1n) is 7.21. The maximum atomic E-state index is 5.83. The van der Waals surface area contributed by atoms with Crippen LogP contribution in [0.4, 0.5) is 5.82 Å². The van der Waals surface area contributed by atoms with Crippen LogP contribution in [0.2, 0.25) is 0 Å². The summed E-state index contributed by atoms with van der Waals surface area (Å²) in [5, 5.41) is 3.33. The van der Waals surface area contributed by atoms with E-state index in [9.17, 15) is 0 Å². The van der Waals surface area contributed by atoms with Crippen LogP contribution in [0.5, 0.6) is 0 Å². The fourth-order valence-electron chi connectivity index (χ4n) is 2.52. The molecule has 0 bridgehead atoms. The molecule has 0 aromatic carbocycles. The Labute approximate surface area is 124 Å². The highest BCUT2D eigenvalue weighted by Crippen LogP contribution is 2.24. The third-order valence-corrected chi connectivity index (χ3v) is 3.62. The second-order valence-corrected chi connectivity index (χ2v) is 5.08. The molecule has 0 saturated carbocycles. The van der Waals surface area contributed by atoms with Crippen LogP contribution < -0.4 is 5.32 Å². The summed E-state index contributed by atoms with van der Waals surface area (Å²) >= 11 is 0. The lowest BCUT2D eigenvalue weighted by molar-refractivity contribution is 0.0143. The predicted molar refractivity (Wildman–Crippen MR) is 79.1 cm³/mol. The Morgan fingerprint density at radius 3 is 2.81 bits per heavy atom. The zero-order valence-electron chi connectivity index (χ0n) is 12.2. The zero-order chi connectivity index (χ0) is 14.5. The second-order valence-electron chi connectivity index (χ2n) is 5.08. The molecule has 1 aliphatic heterocycles. The molecule has 0 aliphatic carbocycles. The van der Waals surface area contributed by atoms with Crippen molar-refractivity contribution in [3.63, 3.8) is 0 Å². The van der Waals surface area contributed by atoms with Gasteiger partial charge in [0.2, 0.25) is 0 Å². The summed E-state index contributed by atoms with van der Waals surface area (Å²) in [5.74, 6) is 2.69. The summed E-state index contributed by atoms with van der Waals surface area (Å²) in [6.45, 7) is 6.05. The van der Waals surface area contributed by atoms with Gasteiger partial charge in [-0.05, 0) is 19.1 Å². The number of furan rings is 1. The normalized spacial score (nSPS) is 17.6. The lowest BCUT2D eigenvalue weighted by atomic mass is 10.1. The molecule has 2 aromatic rings. The van der Waals surface area contributed by atoms with Crippen LogP contribution in [-0.2, 0) is 4.74 Å². The van der Waals surface area contributed by atoms with E-state index >= 15 is 0 Å². The van der Waals surface area contributed by atoms with E-state index in [2.05, 4.69) is 20.2 Å². The molecule has 1 aliphatic rings. The number of rotatable bonds is 5. The van der Waals surface area contributed by atoms with Crippen molar-refractivity contribution in [2.24, 2.45) is 0 Å². The molecule has 112 valence electrons. The molecule has 6 heteroatoms. The van der Waals surface area contributed by atoms with Crippen LogP contribution in [-0.4, -0.2) is 47.7 Å². The Kier molecular flexibility index (Phi) is 4.47. The van der Waals surface area contributed by atoms with Crippen molar-refractivity contribution in [1.29, 1.82) is 0 Å². The van der Waals surface area contributed by atoms with Gasteiger partial charge in [0.25, 0.3) is 0 Å². The van der Waals surface area contributed by atoms with Crippen molar-refractivity contribution in [2.75, 3.05) is 38.2 Å². The molecule has 1 unspecified atom stereocenters. The molecule has 3 heterocycles. The number of nitrogens with zero attached hydrogens (tertiary/aromatic N) is 3. The zero-order valence-corrected chi connectivity index (χ0v) is 12.2. The molecule has 2 aromatic heterocycles. The topological polar surface area (TPSA) is 63.4 Å². The summed E-state index contributed by atoms with van der Waals surface area (Å²) in [7, 11) is 0.